The molecule has 0 aromatic rings. The first-order valence-electron chi connectivity index (χ1n) is 7.32. The minimum Gasteiger partial charge on any atom is -0.295 e. The van der Waals surface area contributed by atoms with Gasteiger partial charge in [-0.05, 0) is 38.2 Å². The van der Waals surface area contributed by atoms with Gasteiger partial charge in [0.05, 0.1) is 0 Å². The van der Waals surface area contributed by atoms with E-state index in [9.17, 15) is 9.59 Å². The van der Waals surface area contributed by atoms with Crippen molar-refractivity contribution in [3.63, 3.8) is 0 Å². The lowest BCUT2D eigenvalue weighted by molar-refractivity contribution is -0.122. The molecule has 3 heteroatoms. The average molecular weight is 398 g/mol. The van der Waals surface area contributed by atoms with E-state index in [0.717, 1.165) is 41.3 Å². The Balaban J connectivity index is 3.06. The van der Waals surface area contributed by atoms with Gasteiger partial charge in [-0.25, -0.2) is 0 Å². The summed E-state index contributed by atoms with van der Waals surface area (Å²) in [5.74, 6) is 5.45. The van der Waals surface area contributed by atoms with E-state index in [1.165, 1.54) is 6.08 Å². The summed E-state index contributed by atoms with van der Waals surface area (Å²) in [5, 5.41) is 0. The first-order valence-corrected chi connectivity index (χ1v) is 8.84. The van der Waals surface area contributed by atoms with Crippen LogP contribution < -0.4 is 0 Å². The monoisotopic (exact) mass is 398 g/mol. The van der Waals surface area contributed by atoms with Crippen LogP contribution in [0.3, 0.4) is 0 Å². The van der Waals surface area contributed by atoms with Gasteiger partial charge in [0, 0.05) is 27.8 Å². The highest BCUT2D eigenvalue weighted by atomic mass is 127. The number of rotatable bonds is 5. The second-order valence-corrected chi connectivity index (χ2v) is 7.08. The van der Waals surface area contributed by atoms with Crippen molar-refractivity contribution < 1.29 is 9.59 Å². The number of Topliss-reactive ketones (excluding diaryl/α,β-unsaturated/α-hetero) is 1. The zero-order valence-corrected chi connectivity index (χ0v) is 15.2. The lowest BCUT2D eigenvalue weighted by atomic mass is 9.63. The van der Waals surface area contributed by atoms with E-state index in [2.05, 4.69) is 41.0 Å². The average Bonchev–Trinajstić information content (AvgIpc) is 2.42. The molecule has 0 aromatic carbocycles. The predicted octanol–water partition coefficient (Wildman–Crippen LogP) is 4.28. The van der Waals surface area contributed by atoms with Crippen LogP contribution >= 0.6 is 22.6 Å². The molecule has 0 amide bonds. The van der Waals surface area contributed by atoms with Crippen molar-refractivity contribution in [3.8, 4) is 11.8 Å². The molecule has 1 rings (SSSR count). The number of unbranched alkanes of at least 4 members (excludes halogenated alkanes) is 1. The van der Waals surface area contributed by atoms with Gasteiger partial charge in [0.15, 0.2) is 5.78 Å². The minimum absolute atomic E-state index is 0.0238. The summed E-state index contributed by atoms with van der Waals surface area (Å²) in [6, 6.07) is 0. The van der Waals surface area contributed by atoms with Gasteiger partial charge >= 0.3 is 0 Å². The van der Waals surface area contributed by atoms with Crippen LogP contribution in [0.4, 0.5) is 0 Å². The summed E-state index contributed by atoms with van der Waals surface area (Å²) in [7, 11) is 0. The fourth-order valence-electron chi connectivity index (χ4n) is 3.06. The van der Waals surface area contributed by atoms with Crippen LogP contribution in [0.1, 0.15) is 46.5 Å². The Kier molecular flexibility index (Phi) is 6.86. The van der Waals surface area contributed by atoms with Crippen LogP contribution in [0, 0.1) is 23.2 Å². The van der Waals surface area contributed by atoms with Gasteiger partial charge in [0.2, 0.25) is 5.78 Å². The van der Waals surface area contributed by atoms with Crippen LogP contribution in [0.2, 0.25) is 0 Å². The molecule has 0 spiro atoms. The third-order valence-corrected chi connectivity index (χ3v) is 4.92. The summed E-state index contributed by atoms with van der Waals surface area (Å²) in [5.41, 5.74) is 1.33. The zero-order valence-electron chi connectivity index (χ0n) is 13.1. The standard InChI is InChI=1S/C18H23IO2/c1-5-15(20)14-11-10-13(2)17(18(14,3)4)16(21)9-7-6-8-12-19/h5,14H,1,6,8,10-12H2,2-4H3. The molecule has 0 fully saturated rings. The Hall–Kier alpha value is -0.890. The smallest absolute Gasteiger partial charge is 0.232 e. The number of alkyl halides is 1. The second-order valence-electron chi connectivity index (χ2n) is 6.00. The molecule has 21 heavy (non-hydrogen) atoms. The first kappa shape index (κ1) is 18.2. The molecular formula is C18H23IO2. The summed E-state index contributed by atoms with van der Waals surface area (Å²) in [6.07, 6.45) is 4.68. The minimum atomic E-state index is -0.470. The number of hydrogen-bond donors (Lipinski definition) is 0. The molecule has 1 atom stereocenters. The van der Waals surface area contributed by atoms with Gasteiger partial charge in [-0.1, -0.05) is 54.5 Å². The molecule has 0 aliphatic heterocycles. The van der Waals surface area contributed by atoms with Gasteiger partial charge in [-0.2, -0.15) is 0 Å². The number of carbonyl (C=O) groups excluding carboxylic acids is 2. The van der Waals surface area contributed by atoms with Crippen LogP contribution in [0.25, 0.3) is 0 Å². The zero-order chi connectivity index (χ0) is 16.0. The Labute approximate surface area is 141 Å². The van der Waals surface area contributed by atoms with Gasteiger partial charge in [-0.15, -0.1) is 0 Å². The largest absolute Gasteiger partial charge is 0.295 e. The molecular weight excluding hydrogens is 375 g/mol. The van der Waals surface area contributed by atoms with Crippen LogP contribution in [0.5, 0.6) is 0 Å². The fraction of sp³-hybridized carbons (Fsp3) is 0.556. The lowest BCUT2D eigenvalue weighted by Crippen LogP contribution is -2.38. The van der Waals surface area contributed by atoms with Gasteiger partial charge in [0.25, 0.3) is 0 Å². The number of ketones is 2. The Morgan fingerprint density at radius 3 is 2.71 bits per heavy atom. The van der Waals surface area contributed by atoms with Crippen LogP contribution in [-0.4, -0.2) is 16.0 Å². The van der Waals surface area contributed by atoms with E-state index >= 15 is 0 Å². The quantitative estimate of drug-likeness (QED) is 0.173. The Bertz CT molecular complexity index is 529. The number of hydrogen-bond acceptors (Lipinski definition) is 2. The molecule has 0 aromatic heterocycles. The molecule has 0 N–H and O–H groups in total. The molecule has 1 unspecified atom stereocenters. The maximum atomic E-state index is 12.5. The molecule has 114 valence electrons. The SMILES string of the molecule is C=CC(=O)C1CCC(C)=C(C(=O)C#CCCCI)C1(C)C. The van der Waals surface area contributed by atoms with Gasteiger partial charge in [0.1, 0.15) is 0 Å². The summed E-state index contributed by atoms with van der Waals surface area (Å²) >= 11 is 2.30. The normalized spacial score (nSPS) is 20.5. The van der Waals surface area contributed by atoms with Crippen molar-refractivity contribution in [1.29, 1.82) is 0 Å². The number of halogens is 1. The summed E-state index contributed by atoms with van der Waals surface area (Å²) in [6.45, 7) is 9.51. The van der Waals surface area contributed by atoms with Crippen molar-refractivity contribution >= 4 is 34.2 Å². The van der Waals surface area contributed by atoms with Gasteiger partial charge < -0.3 is 0 Å². The van der Waals surface area contributed by atoms with E-state index in [1.54, 1.807) is 0 Å². The second kappa shape index (κ2) is 7.93. The van der Waals surface area contributed by atoms with Crippen molar-refractivity contribution in [2.45, 2.75) is 46.5 Å². The van der Waals surface area contributed by atoms with E-state index in [0.29, 0.717) is 0 Å². The lowest BCUT2D eigenvalue weighted by Gasteiger charge is -2.39. The molecule has 0 heterocycles. The third-order valence-electron chi connectivity index (χ3n) is 4.16. The maximum Gasteiger partial charge on any atom is 0.232 e. The summed E-state index contributed by atoms with van der Waals surface area (Å²) < 4.78 is 1.05. The fourth-order valence-corrected chi connectivity index (χ4v) is 3.44. The highest BCUT2D eigenvalue weighted by Gasteiger charge is 2.42. The van der Waals surface area contributed by atoms with Crippen molar-refractivity contribution in [3.05, 3.63) is 23.8 Å². The third kappa shape index (κ3) is 4.29. The van der Waals surface area contributed by atoms with E-state index in [1.807, 2.05) is 20.8 Å². The van der Waals surface area contributed by atoms with Gasteiger partial charge in [-0.3, -0.25) is 9.59 Å². The van der Waals surface area contributed by atoms with Crippen molar-refractivity contribution in [1.82, 2.24) is 0 Å². The van der Waals surface area contributed by atoms with Crippen LogP contribution in [0.15, 0.2) is 23.8 Å². The predicted molar refractivity (Wildman–Crippen MR) is 95.3 cm³/mol. The Morgan fingerprint density at radius 2 is 2.14 bits per heavy atom. The van der Waals surface area contributed by atoms with E-state index < -0.39 is 5.41 Å². The molecule has 1 aliphatic carbocycles. The number of allylic oxidation sites excluding steroid dienone is 3. The van der Waals surface area contributed by atoms with Crippen molar-refractivity contribution in [2.75, 3.05) is 4.43 Å². The molecule has 0 radical (unpaired) electrons. The first-order chi connectivity index (χ1) is 9.86. The Morgan fingerprint density at radius 1 is 1.48 bits per heavy atom. The van der Waals surface area contributed by atoms with Crippen LogP contribution in [-0.2, 0) is 9.59 Å². The van der Waals surface area contributed by atoms with E-state index in [4.69, 9.17) is 0 Å². The molecule has 1 aliphatic rings. The summed E-state index contributed by atoms with van der Waals surface area (Å²) in [4.78, 5) is 24.5. The van der Waals surface area contributed by atoms with Crippen molar-refractivity contribution in [2.24, 2.45) is 11.3 Å². The number of carbonyl (C=O) groups is 2. The maximum absolute atomic E-state index is 12.5. The van der Waals surface area contributed by atoms with E-state index in [-0.39, 0.29) is 17.5 Å². The molecule has 0 saturated heterocycles. The molecule has 0 bridgehead atoms. The topological polar surface area (TPSA) is 34.1 Å². The highest BCUT2D eigenvalue weighted by Crippen LogP contribution is 2.45. The molecule has 0 saturated carbocycles. The highest BCUT2D eigenvalue weighted by molar-refractivity contribution is 14.1. The molecule has 2 nitrogen and oxygen atoms in total.